The van der Waals surface area contributed by atoms with E-state index in [1.807, 2.05) is 18.2 Å². The first kappa shape index (κ1) is 34.5. The first-order valence-corrected chi connectivity index (χ1v) is 18.3. The summed E-state index contributed by atoms with van der Waals surface area (Å²) in [6.45, 7) is 6.87. The van der Waals surface area contributed by atoms with Gasteiger partial charge in [-0.05, 0) is 105 Å². The maximum absolute atomic E-state index is 12.7. The van der Waals surface area contributed by atoms with E-state index in [0.29, 0.717) is 23.5 Å². The molecule has 4 nitrogen and oxygen atoms in total. The van der Waals surface area contributed by atoms with Crippen LogP contribution in [-0.2, 0) is 20.7 Å². The van der Waals surface area contributed by atoms with E-state index in [1.54, 1.807) is 12.2 Å². The van der Waals surface area contributed by atoms with Crippen molar-refractivity contribution in [3.63, 3.8) is 0 Å². The molecule has 0 radical (unpaired) electrons. The smallest absolute Gasteiger partial charge is 0.335 e. The van der Waals surface area contributed by atoms with Crippen molar-refractivity contribution in [2.24, 2.45) is 17.3 Å². The molecule has 0 N–H and O–H groups in total. The molecule has 2 fully saturated rings. The average Bonchev–Trinajstić information content (AvgIpc) is 3.35. The van der Waals surface area contributed by atoms with Crippen molar-refractivity contribution in [3.05, 3.63) is 53.6 Å². The predicted octanol–water partition coefficient (Wildman–Crippen LogP) is 11.0. The van der Waals surface area contributed by atoms with Gasteiger partial charge in [0, 0.05) is 17.6 Å². The molecule has 0 aliphatic heterocycles. The van der Waals surface area contributed by atoms with Gasteiger partial charge in [0.05, 0.1) is 0 Å². The molecular formula is C40H60O4. The van der Waals surface area contributed by atoms with E-state index in [-0.39, 0.29) is 23.5 Å². The van der Waals surface area contributed by atoms with E-state index in [4.69, 9.17) is 9.47 Å². The van der Waals surface area contributed by atoms with Crippen molar-refractivity contribution in [2.45, 2.75) is 161 Å². The fourth-order valence-corrected chi connectivity index (χ4v) is 8.54. The quantitative estimate of drug-likeness (QED) is 0.0724. The molecule has 3 aliphatic carbocycles. The highest BCUT2D eigenvalue weighted by molar-refractivity contribution is 5.84. The third-order valence-corrected chi connectivity index (χ3v) is 11.0. The Morgan fingerprint density at radius 1 is 0.795 bits per heavy atom. The number of allylic oxidation sites excluding steroid dienone is 2. The fourth-order valence-electron chi connectivity index (χ4n) is 8.54. The number of aryl methyl sites for hydroxylation is 1. The summed E-state index contributed by atoms with van der Waals surface area (Å²) in [5, 5.41) is 0. The van der Waals surface area contributed by atoms with Crippen LogP contribution in [0.2, 0.25) is 0 Å². The van der Waals surface area contributed by atoms with E-state index in [9.17, 15) is 9.59 Å². The molecule has 1 aromatic carbocycles. The third-order valence-electron chi connectivity index (χ3n) is 11.0. The summed E-state index contributed by atoms with van der Waals surface area (Å²) in [4.78, 5) is 25.2. The molecule has 0 unspecified atom stereocenters. The van der Waals surface area contributed by atoms with Crippen molar-refractivity contribution in [1.82, 2.24) is 0 Å². The molecule has 0 heterocycles. The van der Waals surface area contributed by atoms with Crippen LogP contribution >= 0.6 is 0 Å². The number of carbonyl (C=O) groups excluding carboxylic acids is 2. The van der Waals surface area contributed by atoms with Gasteiger partial charge in [-0.2, -0.15) is 0 Å². The lowest BCUT2D eigenvalue weighted by Gasteiger charge is -2.50. The Labute approximate surface area is 268 Å². The molecular weight excluding hydrogens is 544 g/mol. The van der Waals surface area contributed by atoms with Gasteiger partial charge in [-0.3, -0.25) is 0 Å². The van der Waals surface area contributed by atoms with Gasteiger partial charge in [0.1, 0.15) is 11.9 Å². The molecule has 4 heteroatoms. The second-order valence-electron chi connectivity index (χ2n) is 14.2. The van der Waals surface area contributed by atoms with E-state index in [0.717, 1.165) is 64.2 Å². The number of unbranched alkanes of at least 4 members (excludes halogenated alkanes) is 12. The van der Waals surface area contributed by atoms with E-state index in [1.165, 1.54) is 75.3 Å². The van der Waals surface area contributed by atoms with Crippen LogP contribution in [0.5, 0.6) is 5.75 Å². The number of fused-ring (bicyclic) bond motifs is 5. The molecule has 0 aromatic heterocycles. The first-order valence-electron chi connectivity index (χ1n) is 18.3. The molecule has 244 valence electrons. The first-order chi connectivity index (χ1) is 21.5. The van der Waals surface area contributed by atoms with Crippen LogP contribution in [0.3, 0.4) is 0 Å². The van der Waals surface area contributed by atoms with Crippen molar-refractivity contribution < 1.29 is 19.1 Å². The minimum Gasteiger partial charge on any atom is -0.459 e. The van der Waals surface area contributed by atoms with Crippen LogP contribution in [0, 0.1) is 17.3 Å². The molecule has 0 bridgehead atoms. The number of carbonyl (C=O) groups is 2. The lowest BCUT2D eigenvalue weighted by Crippen LogP contribution is -2.45. The van der Waals surface area contributed by atoms with Gasteiger partial charge in [0.2, 0.25) is 0 Å². The minimum absolute atomic E-state index is 0.0249. The molecule has 1 aromatic rings. The average molecular weight is 605 g/mol. The van der Waals surface area contributed by atoms with Gasteiger partial charge in [0.25, 0.3) is 0 Å². The van der Waals surface area contributed by atoms with Crippen molar-refractivity contribution in [1.29, 1.82) is 0 Å². The minimum atomic E-state index is -0.276. The molecule has 0 saturated heterocycles. The Morgan fingerprint density at radius 2 is 1.43 bits per heavy atom. The largest absolute Gasteiger partial charge is 0.459 e. The number of benzene rings is 1. The lowest BCUT2D eigenvalue weighted by atomic mass is 9.55. The lowest BCUT2D eigenvalue weighted by molar-refractivity contribution is -0.151. The highest BCUT2D eigenvalue weighted by Crippen LogP contribution is 2.61. The topological polar surface area (TPSA) is 52.6 Å². The summed E-state index contributed by atoms with van der Waals surface area (Å²) in [5.41, 5.74) is 2.85. The zero-order valence-electron chi connectivity index (χ0n) is 28.1. The number of hydrogen-bond donors (Lipinski definition) is 0. The second-order valence-corrected chi connectivity index (χ2v) is 14.2. The van der Waals surface area contributed by atoms with E-state index >= 15 is 0 Å². The zero-order valence-corrected chi connectivity index (χ0v) is 28.1. The fraction of sp³-hybridized carbons (Fsp3) is 0.700. The molecule has 44 heavy (non-hydrogen) atoms. The summed E-state index contributed by atoms with van der Waals surface area (Å²) in [5.74, 6) is 2.00. The number of rotatable bonds is 18. The van der Waals surface area contributed by atoms with Crippen molar-refractivity contribution >= 4 is 11.9 Å². The summed E-state index contributed by atoms with van der Waals surface area (Å²) < 4.78 is 11.8. The van der Waals surface area contributed by atoms with Gasteiger partial charge >= 0.3 is 11.9 Å². The molecule has 0 amide bonds. The number of esters is 2. The highest BCUT2D eigenvalue weighted by atomic mass is 16.5. The Kier molecular flexibility index (Phi) is 14.1. The van der Waals surface area contributed by atoms with Gasteiger partial charge in [-0.25, -0.2) is 9.59 Å². The van der Waals surface area contributed by atoms with Gasteiger partial charge in [-0.1, -0.05) is 103 Å². The molecule has 0 spiro atoms. The van der Waals surface area contributed by atoms with E-state index in [2.05, 4.69) is 32.9 Å². The van der Waals surface area contributed by atoms with Gasteiger partial charge < -0.3 is 9.47 Å². The van der Waals surface area contributed by atoms with E-state index < -0.39 is 0 Å². The second kappa shape index (κ2) is 18.0. The van der Waals surface area contributed by atoms with Crippen molar-refractivity contribution in [2.75, 3.05) is 0 Å². The standard InChI is InChI=1S/C40H60O4/c1-4-6-8-10-12-14-16-18-20-38(41)43-32-23-25-33-31(30-32)22-24-35-34(33)28-29-40(3)36(35)26-27-37(40)44-39(42)21-19-17-15-13-11-9-7-5-2/h18-21,23,25,30,34-37H,4-17,22,24,26-29H2,1-3H3/t34-,35-,36+,37+,40+/m1/s1. The monoisotopic (exact) mass is 604 g/mol. The molecule has 2 saturated carbocycles. The SMILES string of the molecule is CCCCCCCCC=CC(=O)Oc1ccc2c(c1)CC[C@@H]1[C@@H]2CC[C@]2(C)[C@@H](OC(=O)C=CCCCCCCCC)CC[C@@H]12. The zero-order chi connectivity index (χ0) is 31.2. The van der Waals surface area contributed by atoms with Crippen LogP contribution in [0.1, 0.15) is 160 Å². The van der Waals surface area contributed by atoms with Crippen molar-refractivity contribution in [3.8, 4) is 5.75 Å². The highest BCUT2D eigenvalue weighted by Gasteiger charge is 2.56. The van der Waals surface area contributed by atoms with Crippen LogP contribution < -0.4 is 4.74 Å². The molecule has 3 aliphatic rings. The van der Waals surface area contributed by atoms with Crippen LogP contribution in [0.4, 0.5) is 0 Å². The maximum Gasteiger partial charge on any atom is 0.335 e. The predicted molar refractivity (Wildman–Crippen MR) is 181 cm³/mol. The Hall–Kier alpha value is -2.36. The number of ether oxygens (including phenoxy) is 2. The molecule has 4 rings (SSSR count). The third kappa shape index (κ3) is 9.57. The Balaban J connectivity index is 1.24. The van der Waals surface area contributed by atoms with Crippen LogP contribution in [0.15, 0.2) is 42.5 Å². The van der Waals surface area contributed by atoms with Gasteiger partial charge in [-0.15, -0.1) is 0 Å². The Bertz CT molecular complexity index is 1100. The summed E-state index contributed by atoms with van der Waals surface area (Å²) in [6.07, 6.45) is 30.9. The van der Waals surface area contributed by atoms with Crippen LogP contribution in [0.25, 0.3) is 0 Å². The summed E-state index contributed by atoms with van der Waals surface area (Å²) in [6, 6.07) is 6.32. The normalized spacial score (nSPS) is 26.0. The summed E-state index contributed by atoms with van der Waals surface area (Å²) >= 11 is 0. The summed E-state index contributed by atoms with van der Waals surface area (Å²) in [7, 11) is 0. The van der Waals surface area contributed by atoms with Crippen LogP contribution in [-0.4, -0.2) is 18.0 Å². The van der Waals surface area contributed by atoms with Gasteiger partial charge in [0.15, 0.2) is 0 Å². The molecule has 5 atom stereocenters. The number of hydrogen-bond acceptors (Lipinski definition) is 4. The Morgan fingerprint density at radius 3 is 2.11 bits per heavy atom. The maximum atomic E-state index is 12.7.